The van der Waals surface area contributed by atoms with Crippen molar-refractivity contribution in [3.63, 3.8) is 0 Å². The van der Waals surface area contributed by atoms with Crippen LogP contribution >= 0.6 is 0 Å². The molecule has 126 valence electrons. The molecule has 0 aromatic heterocycles. The van der Waals surface area contributed by atoms with Crippen LogP contribution in [0.15, 0.2) is 54.6 Å². The van der Waals surface area contributed by atoms with Crippen molar-refractivity contribution >= 4 is 11.8 Å². The van der Waals surface area contributed by atoms with Gasteiger partial charge in [0.2, 0.25) is 5.91 Å². The lowest BCUT2D eigenvalue weighted by atomic mass is 10.2. The monoisotopic (exact) mass is 328 g/mol. The second-order valence-electron chi connectivity index (χ2n) is 4.92. The summed E-state index contributed by atoms with van der Waals surface area (Å²) in [5.74, 6) is 0.907. The van der Waals surface area contributed by atoms with Gasteiger partial charge in [-0.3, -0.25) is 9.59 Å². The van der Waals surface area contributed by atoms with Crippen molar-refractivity contribution in [2.24, 2.45) is 0 Å². The van der Waals surface area contributed by atoms with Crippen molar-refractivity contribution in [2.75, 3.05) is 26.8 Å². The summed E-state index contributed by atoms with van der Waals surface area (Å²) in [4.78, 5) is 23.5. The average Bonchev–Trinajstić information content (AvgIpc) is 2.64. The van der Waals surface area contributed by atoms with E-state index in [4.69, 9.17) is 9.47 Å². The summed E-state index contributed by atoms with van der Waals surface area (Å²) in [5.41, 5.74) is 0.521. The molecule has 0 bridgehead atoms. The van der Waals surface area contributed by atoms with E-state index in [1.165, 1.54) is 0 Å². The van der Waals surface area contributed by atoms with Crippen LogP contribution in [0.3, 0.4) is 0 Å². The number of hydrogen-bond acceptors (Lipinski definition) is 4. The number of benzene rings is 2. The fraction of sp³-hybridized carbons (Fsp3) is 0.222. The predicted molar refractivity (Wildman–Crippen MR) is 90.3 cm³/mol. The summed E-state index contributed by atoms with van der Waals surface area (Å²) in [6, 6.07) is 15.9. The van der Waals surface area contributed by atoms with Crippen LogP contribution < -0.4 is 20.1 Å². The van der Waals surface area contributed by atoms with Gasteiger partial charge in [-0.15, -0.1) is 0 Å². The normalized spacial score (nSPS) is 9.88. The van der Waals surface area contributed by atoms with E-state index in [-0.39, 0.29) is 18.4 Å². The van der Waals surface area contributed by atoms with Gasteiger partial charge in [0, 0.05) is 5.56 Å². The van der Waals surface area contributed by atoms with Crippen LogP contribution in [0.25, 0.3) is 0 Å². The first-order chi connectivity index (χ1) is 11.7. The molecule has 0 aliphatic carbocycles. The third-order valence-electron chi connectivity index (χ3n) is 3.20. The minimum absolute atomic E-state index is 0.0732. The molecule has 0 aliphatic rings. The van der Waals surface area contributed by atoms with E-state index in [0.29, 0.717) is 24.5 Å². The van der Waals surface area contributed by atoms with Crippen molar-refractivity contribution in [1.29, 1.82) is 0 Å². The highest BCUT2D eigenvalue weighted by atomic mass is 16.5. The molecule has 6 heteroatoms. The summed E-state index contributed by atoms with van der Waals surface area (Å²) in [5, 5.41) is 5.24. The Hall–Kier alpha value is -3.02. The second-order valence-corrected chi connectivity index (χ2v) is 4.92. The Bertz CT molecular complexity index is 656. The molecule has 0 radical (unpaired) electrons. The third-order valence-corrected chi connectivity index (χ3v) is 3.20. The second kappa shape index (κ2) is 9.19. The number of amides is 2. The zero-order valence-electron chi connectivity index (χ0n) is 13.5. The van der Waals surface area contributed by atoms with E-state index in [0.717, 1.165) is 5.75 Å². The van der Waals surface area contributed by atoms with Crippen LogP contribution in [-0.4, -0.2) is 38.6 Å². The molecule has 0 unspecified atom stereocenters. The highest BCUT2D eigenvalue weighted by Gasteiger charge is 2.06. The SMILES string of the molecule is COc1ccc(OCCNC(=O)CNC(=O)c2ccccc2)cc1. The van der Waals surface area contributed by atoms with E-state index in [1.54, 1.807) is 55.6 Å². The summed E-state index contributed by atoms with van der Waals surface area (Å²) in [7, 11) is 1.60. The van der Waals surface area contributed by atoms with E-state index in [9.17, 15) is 9.59 Å². The molecule has 0 fully saturated rings. The van der Waals surface area contributed by atoms with Crippen LogP contribution in [0, 0.1) is 0 Å². The van der Waals surface area contributed by atoms with Crippen LogP contribution in [0.5, 0.6) is 11.5 Å². The quantitative estimate of drug-likeness (QED) is 0.722. The van der Waals surface area contributed by atoms with E-state index in [1.807, 2.05) is 6.07 Å². The lowest BCUT2D eigenvalue weighted by molar-refractivity contribution is -0.120. The molecule has 0 saturated carbocycles. The number of carbonyl (C=O) groups is 2. The van der Waals surface area contributed by atoms with E-state index in [2.05, 4.69) is 10.6 Å². The minimum atomic E-state index is -0.278. The van der Waals surface area contributed by atoms with E-state index < -0.39 is 0 Å². The summed E-state index contributed by atoms with van der Waals surface area (Å²) in [6.45, 7) is 0.618. The number of carbonyl (C=O) groups excluding carboxylic acids is 2. The first kappa shape index (κ1) is 17.3. The molecule has 2 aromatic rings. The fourth-order valence-corrected chi connectivity index (χ4v) is 1.95. The Morgan fingerprint density at radius 3 is 2.25 bits per heavy atom. The Kier molecular flexibility index (Phi) is 6.64. The molecule has 6 nitrogen and oxygen atoms in total. The Labute approximate surface area is 140 Å². The molecule has 0 atom stereocenters. The summed E-state index contributed by atoms with van der Waals surface area (Å²) < 4.78 is 10.6. The van der Waals surface area contributed by atoms with Crippen molar-refractivity contribution in [3.05, 3.63) is 60.2 Å². The maximum atomic E-state index is 11.8. The van der Waals surface area contributed by atoms with Gasteiger partial charge in [-0.1, -0.05) is 18.2 Å². The minimum Gasteiger partial charge on any atom is -0.497 e. The lowest BCUT2D eigenvalue weighted by Crippen LogP contribution is -2.38. The van der Waals surface area contributed by atoms with Gasteiger partial charge in [-0.2, -0.15) is 0 Å². The molecule has 0 aliphatic heterocycles. The topological polar surface area (TPSA) is 76.7 Å². The van der Waals surface area contributed by atoms with E-state index >= 15 is 0 Å². The maximum absolute atomic E-state index is 11.8. The zero-order chi connectivity index (χ0) is 17.2. The molecule has 2 aromatic carbocycles. The lowest BCUT2D eigenvalue weighted by Gasteiger charge is -2.09. The highest BCUT2D eigenvalue weighted by molar-refractivity contribution is 5.96. The number of nitrogens with one attached hydrogen (secondary N) is 2. The van der Waals surface area contributed by atoms with Crippen LogP contribution in [0.2, 0.25) is 0 Å². The summed E-state index contributed by atoms with van der Waals surface area (Å²) in [6.07, 6.45) is 0. The molecule has 0 heterocycles. The van der Waals surface area contributed by atoms with Gasteiger partial charge in [0.1, 0.15) is 18.1 Å². The predicted octanol–water partition coefficient (Wildman–Crippen LogP) is 1.62. The first-order valence-corrected chi connectivity index (χ1v) is 7.56. The molecular formula is C18H20N2O4. The summed E-state index contributed by atoms with van der Waals surface area (Å²) >= 11 is 0. The standard InChI is InChI=1S/C18H20N2O4/c1-23-15-7-9-16(10-8-15)24-12-11-19-17(21)13-20-18(22)14-5-3-2-4-6-14/h2-10H,11-13H2,1H3,(H,19,21)(H,20,22). The van der Waals surface area contributed by atoms with Crippen molar-refractivity contribution in [1.82, 2.24) is 10.6 Å². The maximum Gasteiger partial charge on any atom is 0.251 e. The molecular weight excluding hydrogens is 308 g/mol. The number of hydrogen-bond donors (Lipinski definition) is 2. The fourth-order valence-electron chi connectivity index (χ4n) is 1.95. The van der Waals surface area contributed by atoms with Crippen molar-refractivity contribution in [3.8, 4) is 11.5 Å². The highest BCUT2D eigenvalue weighted by Crippen LogP contribution is 2.16. The smallest absolute Gasteiger partial charge is 0.251 e. The van der Waals surface area contributed by atoms with Crippen LogP contribution in [-0.2, 0) is 4.79 Å². The van der Waals surface area contributed by atoms with Gasteiger partial charge >= 0.3 is 0 Å². The molecule has 24 heavy (non-hydrogen) atoms. The van der Waals surface area contributed by atoms with Gasteiger partial charge < -0.3 is 20.1 Å². The third kappa shape index (κ3) is 5.64. The molecule has 2 rings (SSSR count). The van der Waals surface area contributed by atoms with Crippen LogP contribution in [0.1, 0.15) is 10.4 Å². The Balaban J connectivity index is 1.62. The van der Waals surface area contributed by atoms with Crippen molar-refractivity contribution < 1.29 is 19.1 Å². The van der Waals surface area contributed by atoms with Gasteiger partial charge in [0.25, 0.3) is 5.91 Å². The Morgan fingerprint density at radius 2 is 1.58 bits per heavy atom. The largest absolute Gasteiger partial charge is 0.497 e. The average molecular weight is 328 g/mol. The molecule has 0 saturated heterocycles. The van der Waals surface area contributed by atoms with Gasteiger partial charge in [0.15, 0.2) is 0 Å². The van der Waals surface area contributed by atoms with Gasteiger partial charge in [-0.05, 0) is 36.4 Å². The number of rotatable bonds is 8. The number of ether oxygens (including phenoxy) is 2. The molecule has 2 amide bonds. The van der Waals surface area contributed by atoms with Gasteiger partial charge in [-0.25, -0.2) is 0 Å². The van der Waals surface area contributed by atoms with Crippen LogP contribution in [0.4, 0.5) is 0 Å². The first-order valence-electron chi connectivity index (χ1n) is 7.56. The van der Waals surface area contributed by atoms with Crippen molar-refractivity contribution in [2.45, 2.75) is 0 Å². The number of methoxy groups -OCH3 is 1. The molecule has 2 N–H and O–H groups in total. The zero-order valence-corrected chi connectivity index (χ0v) is 13.5. The molecule has 0 spiro atoms. The van der Waals surface area contributed by atoms with Gasteiger partial charge in [0.05, 0.1) is 20.2 Å². The Morgan fingerprint density at radius 1 is 0.917 bits per heavy atom.